The third-order valence-corrected chi connectivity index (χ3v) is 4.62. The number of imide groups is 1. The smallest absolute Gasteiger partial charge is 0.406 e. The van der Waals surface area contributed by atoms with Crippen molar-refractivity contribution >= 4 is 33.7 Å². The Morgan fingerprint density at radius 2 is 1.86 bits per heavy atom. The molecule has 0 radical (unpaired) electrons. The molecule has 0 atom stereocenters. The molecule has 2 aromatic rings. The zero-order valence-electron chi connectivity index (χ0n) is 14.3. The molecule has 148 valence electrons. The van der Waals surface area contributed by atoms with E-state index in [9.17, 15) is 27.6 Å². The van der Waals surface area contributed by atoms with Gasteiger partial charge in [0.1, 0.15) is 12.3 Å². The van der Waals surface area contributed by atoms with E-state index in [0.29, 0.717) is 9.37 Å². The van der Waals surface area contributed by atoms with Crippen LogP contribution in [0.4, 0.5) is 13.2 Å². The summed E-state index contributed by atoms with van der Waals surface area (Å²) in [6, 6.07) is 7.53. The summed E-state index contributed by atoms with van der Waals surface area (Å²) in [5.74, 6) is -1.80. The Morgan fingerprint density at radius 3 is 2.50 bits per heavy atom. The second-order valence-corrected chi connectivity index (χ2v) is 7.06. The van der Waals surface area contributed by atoms with E-state index in [1.807, 2.05) is 0 Å². The van der Waals surface area contributed by atoms with Crippen molar-refractivity contribution in [3.8, 4) is 0 Å². The number of carbonyl (C=O) groups excluding carboxylic acids is 3. The van der Waals surface area contributed by atoms with Gasteiger partial charge in [0.25, 0.3) is 11.8 Å². The number of hydrogen-bond acceptors (Lipinski definition) is 4. The van der Waals surface area contributed by atoms with E-state index in [0.717, 1.165) is 4.90 Å². The van der Waals surface area contributed by atoms with E-state index in [-0.39, 0.29) is 30.0 Å². The minimum Gasteiger partial charge on any atom is -0.467 e. The number of furan rings is 1. The molecule has 0 aliphatic carbocycles. The average Bonchev–Trinajstić information content (AvgIpc) is 3.19. The molecule has 1 aliphatic rings. The predicted octanol–water partition coefficient (Wildman–Crippen LogP) is 3.62. The number of fused-ring (bicyclic) bond motifs is 1. The first kappa shape index (κ1) is 20.1. The Kier molecular flexibility index (Phi) is 5.59. The summed E-state index contributed by atoms with van der Waals surface area (Å²) in [5.41, 5.74) is 0.387. The van der Waals surface area contributed by atoms with E-state index in [1.54, 1.807) is 6.07 Å². The van der Waals surface area contributed by atoms with Crippen LogP contribution in [-0.2, 0) is 11.3 Å². The second kappa shape index (κ2) is 7.78. The molecule has 6 nitrogen and oxygen atoms in total. The van der Waals surface area contributed by atoms with E-state index >= 15 is 0 Å². The van der Waals surface area contributed by atoms with Crippen LogP contribution < -0.4 is 0 Å². The van der Waals surface area contributed by atoms with Gasteiger partial charge in [-0.15, -0.1) is 0 Å². The lowest BCUT2D eigenvalue weighted by atomic mass is 10.1. The number of alkyl halides is 3. The van der Waals surface area contributed by atoms with Crippen LogP contribution >= 0.6 is 15.9 Å². The highest BCUT2D eigenvalue weighted by Gasteiger charge is 2.37. The summed E-state index contributed by atoms with van der Waals surface area (Å²) < 4.78 is 44.1. The van der Waals surface area contributed by atoms with Crippen LogP contribution in [0.15, 0.2) is 45.5 Å². The quantitative estimate of drug-likeness (QED) is 0.619. The summed E-state index contributed by atoms with van der Waals surface area (Å²) in [6.07, 6.45) is -3.73. The molecule has 0 bridgehead atoms. The lowest BCUT2D eigenvalue weighted by molar-refractivity contribution is -0.162. The van der Waals surface area contributed by atoms with Gasteiger partial charge in [0.15, 0.2) is 0 Å². The van der Waals surface area contributed by atoms with Gasteiger partial charge in [-0.1, -0.05) is 15.9 Å². The molecule has 0 saturated heterocycles. The topological polar surface area (TPSA) is 70.8 Å². The van der Waals surface area contributed by atoms with Crippen LogP contribution in [0.2, 0.25) is 0 Å². The zero-order chi connectivity index (χ0) is 20.5. The molecule has 1 aromatic carbocycles. The lowest BCUT2D eigenvalue weighted by Crippen LogP contribution is -2.40. The first-order valence-electron chi connectivity index (χ1n) is 8.18. The average molecular weight is 459 g/mol. The highest BCUT2D eigenvalue weighted by atomic mass is 79.9. The zero-order valence-corrected chi connectivity index (χ0v) is 15.9. The minimum absolute atomic E-state index is 0.189. The van der Waals surface area contributed by atoms with E-state index < -0.39 is 36.9 Å². The molecular weight excluding hydrogens is 445 g/mol. The molecule has 0 fully saturated rings. The second-order valence-electron chi connectivity index (χ2n) is 6.15. The van der Waals surface area contributed by atoms with Crippen molar-refractivity contribution in [2.24, 2.45) is 0 Å². The van der Waals surface area contributed by atoms with Crippen molar-refractivity contribution in [3.63, 3.8) is 0 Å². The first-order chi connectivity index (χ1) is 13.2. The number of hydrogen-bond donors (Lipinski definition) is 0. The first-order valence-corrected chi connectivity index (χ1v) is 8.97. The summed E-state index contributed by atoms with van der Waals surface area (Å²) in [6.45, 7) is -2.13. The van der Waals surface area contributed by atoms with Crippen molar-refractivity contribution in [2.45, 2.75) is 19.1 Å². The fraction of sp³-hybridized carbons (Fsp3) is 0.278. The van der Waals surface area contributed by atoms with Gasteiger partial charge in [0.2, 0.25) is 5.91 Å². The SMILES string of the molecule is O=C(CCN1C(=O)c2ccc(Br)cc2C1=O)N(Cc1ccco1)CC(F)(F)F. The van der Waals surface area contributed by atoms with Crippen molar-refractivity contribution < 1.29 is 32.0 Å². The maximum absolute atomic E-state index is 12.8. The molecule has 10 heteroatoms. The van der Waals surface area contributed by atoms with Gasteiger partial charge in [0, 0.05) is 17.4 Å². The van der Waals surface area contributed by atoms with Crippen LogP contribution in [0.1, 0.15) is 32.9 Å². The Hall–Kier alpha value is -2.62. The summed E-state index contributed by atoms with van der Waals surface area (Å²) in [7, 11) is 0. The van der Waals surface area contributed by atoms with Gasteiger partial charge in [-0.05, 0) is 30.3 Å². The molecule has 0 spiro atoms. The number of rotatable bonds is 6. The molecule has 1 aromatic heterocycles. The largest absolute Gasteiger partial charge is 0.467 e. The van der Waals surface area contributed by atoms with Crippen LogP contribution in [0.25, 0.3) is 0 Å². The van der Waals surface area contributed by atoms with Crippen LogP contribution in [0, 0.1) is 0 Å². The molecule has 0 N–H and O–H groups in total. The number of amides is 3. The molecule has 3 amide bonds. The highest BCUT2D eigenvalue weighted by molar-refractivity contribution is 9.10. The van der Waals surface area contributed by atoms with Crippen LogP contribution in [0.5, 0.6) is 0 Å². The van der Waals surface area contributed by atoms with Gasteiger partial charge in [-0.25, -0.2) is 0 Å². The highest BCUT2D eigenvalue weighted by Crippen LogP contribution is 2.26. The molecule has 2 heterocycles. The summed E-state index contributed by atoms with van der Waals surface area (Å²) in [4.78, 5) is 38.6. The number of nitrogens with zero attached hydrogens (tertiary/aromatic N) is 2. The van der Waals surface area contributed by atoms with Gasteiger partial charge in [-0.3, -0.25) is 19.3 Å². The summed E-state index contributed by atoms with van der Waals surface area (Å²) in [5, 5.41) is 0. The summed E-state index contributed by atoms with van der Waals surface area (Å²) >= 11 is 3.21. The van der Waals surface area contributed by atoms with Crippen molar-refractivity contribution in [1.29, 1.82) is 0 Å². The number of halogens is 4. The molecule has 0 unspecified atom stereocenters. The Morgan fingerprint density at radius 1 is 1.14 bits per heavy atom. The number of carbonyl (C=O) groups is 3. The Bertz CT molecular complexity index is 912. The van der Waals surface area contributed by atoms with Crippen molar-refractivity contribution in [2.75, 3.05) is 13.1 Å². The Balaban J connectivity index is 1.69. The maximum atomic E-state index is 12.8. The van der Waals surface area contributed by atoms with E-state index in [4.69, 9.17) is 4.42 Å². The van der Waals surface area contributed by atoms with Gasteiger partial charge < -0.3 is 9.32 Å². The predicted molar refractivity (Wildman–Crippen MR) is 94.3 cm³/mol. The molecule has 1 aliphatic heterocycles. The lowest BCUT2D eigenvalue weighted by Gasteiger charge is -2.24. The monoisotopic (exact) mass is 458 g/mol. The van der Waals surface area contributed by atoms with Crippen molar-refractivity contribution in [1.82, 2.24) is 9.80 Å². The maximum Gasteiger partial charge on any atom is 0.406 e. The van der Waals surface area contributed by atoms with E-state index in [1.165, 1.54) is 30.5 Å². The van der Waals surface area contributed by atoms with Gasteiger partial charge >= 0.3 is 6.18 Å². The minimum atomic E-state index is -4.59. The molecule has 0 saturated carbocycles. The van der Waals surface area contributed by atoms with E-state index in [2.05, 4.69) is 15.9 Å². The normalized spacial score (nSPS) is 13.8. The van der Waals surface area contributed by atoms with Crippen LogP contribution in [-0.4, -0.2) is 46.8 Å². The van der Waals surface area contributed by atoms with Crippen molar-refractivity contribution in [3.05, 3.63) is 58.0 Å². The number of benzene rings is 1. The van der Waals surface area contributed by atoms with Gasteiger partial charge in [-0.2, -0.15) is 13.2 Å². The van der Waals surface area contributed by atoms with Crippen LogP contribution in [0.3, 0.4) is 0 Å². The molecular formula is C18H14BrF3N2O4. The standard InChI is InChI=1S/C18H14BrF3N2O4/c19-11-3-4-13-14(8-11)17(27)24(16(13)26)6-5-15(25)23(10-18(20,21)22)9-12-2-1-7-28-12/h1-4,7-8H,5-6,9-10H2. The molecule has 3 rings (SSSR count). The fourth-order valence-electron chi connectivity index (χ4n) is 2.87. The fourth-order valence-corrected chi connectivity index (χ4v) is 3.23. The third-order valence-electron chi connectivity index (χ3n) is 4.13. The Labute approximate surface area is 166 Å². The van der Waals surface area contributed by atoms with Gasteiger partial charge in [0.05, 0.1) is 23.9 Å². The molecule has 28 heavy (non-hydrogen) atoms. The third kappa shape index (κ3) is 4.44.